The molecule has 114 valence electrons. The molecule has 0 aliphatic carbocycles. The van der Waals surface area contributed by atoms with Crippen molar-refractivity contribution in [3.05, 3.63) is 30.1 Å². The van der Waals surface area contributed by atoms with E-state index in [1.807, 2.05) is 12.4 Å². The van der Waals surface area contributed by atoms with Gasteiger partial charge in [-0.15, -0.1) is 0 Å². The van der Waals surface area contributed by atoms with E-state index in [1.165, 1.54) is 5.56 Å². The van der Waals surface area contributed by atoms with Crippen molar-refractivity contribution in [3.8, 4) is 0 Å². The van der Waals surface area contributed by atoms with Gasteiger partial charge in [0.05, 0.1) is 0 Å². The number of nitrogens with one attached hydrogen (secondary N) is 1. The predicted octanol–water partition coefficient (Wildman–Crippen LogP) is 3.17. The first-order chi connectivity index (χ1) is 9.54. The highest BCUT2D eigenvalue weighted by Gasteiger charge is 2.18. The molecule has 0 aliphatic heterocycles. The Kier molecular flexibility index (Phi) is 7.78. The minimum absolute atomic E-state index is 0.577. The van der Waals surface area contributed by atoms with Gasteiger partial charge in [0.2, 0.25) is 0 Å². The molecule has 1 heterocycles. The number of hydrogen-bond donors (Lipinski definition) is 1. The van der Waals surface area contributed by atoms with Crippen LogP contribution in [-0.2, 0) is 6.54 Å². The molecule has 0 fully saturated rings. The Morgan fingerprint density at radius 3 is 2.30 bits per heavy atom. The fourth-order valence-corrected chi connectivity index (χ4v) is 2.40. The Hall–Kier alpha value is -0.930. The summed E-state index contributed by atoms with van der Waals surface area (Å²) in [5.41, 5.74) is 1.34. The van der Waals surface area contributed by atoms with Crippen LogP contribution in [0.15, 0.2) is 24.5 Å². The van der Waals surface area contributed by atoms with Gasteiger partial charge in [0.15, 0.2) is 0 Å². The van der Waals surface area contributed by atoms with Crippen molar-refractivity contribution in [2.45, 2.75) is 47.2 Å². The van der Waals surface area contributed by atoms with Crippen LogP contribution >= 0.6 is 0 Å². The zero-order valence-electron chi connectivity index (χ0n) is 13.8. The molecular formula is C17H31N3. The summed E-state index contributed by atoms with van der Waals surface area (Å²) in [7, 11) is 0. The molecule has 3 heteroatoms. The summed E-state index contributed by atoms with van der Waals surface area (Å²) in [5.74, 6) is 1.37. The maximum absolute atomic E-state index is 4.09. The average molecular weight is 277 g/mol. The topological polar surface area (TPSA) is 28.2 Å². The van der Waals surface area contributed by atoms with Crippen molar-refractivity contribution in [2.75, 3.05) is 19.6 Å². The van der Waals surface area contributed by atoms with E-state index in [1.54, 1.807) is 0 Å². The molecule has 2 atom stereocenters. The zero-order chi connectivity index (χ0) is 15.0. The van der Waals surface area contributed by atoms with Crippen molar-refractivity contribution in [2.24, 2.45) is 11.8 Å². The first kappa shape index (κ1) is 17.1. The fraction of sp³-hybridized carbons (Fsp3) is 0.706. The lowest BCUT2D eigenvalue weighted by molar-refractivity contribution is 0.159. The molecule has 0 amide bonds. The highest BCUT2D eigenvalue weighted by Crippen LogP contribution is 2.14. The van der Waals surface area contributed by atoms with E-state index in [4.69, 9.17) is 0 Å². The molecule has 0 aromatic carbocycles. The quantitative estimate of drug-likeness (QED) is 0.751. The highest BCUT2D eigenvalue weighted by atomic mass is 15.1. The standard InChI is InChI=1S/C17H31N3/c1-6-20(13-17-7-9-18-10-8-17)16(5)15(4)12-19-11-14(2)3/h7-10,14-16,19H,6,11-13H2,1-5H3. The molecule has 1 N–H and O–H groups in total. The van der Waals surface area contributed by atoms with Gasteiger partial charge in [0, 0.05) is 25.0 Å². The first-order valence-electron chi connectivity index (χ1n) is 7.88. The van der Waals surface area contributed by atoms with E-state index >= 15 is 0 Å². The van der Waals surface area contributed by atoms with Gasteiger partial charge in [-0.3, -0.25) is 9.88 Å². The maximum Gasteiger partial charge on any atom is 0.0271 e. The summed E-state index contributed by atoms with van der Waals surface area (Å²) >= 11 is 0. The number of aromatic nitrogens is 1. The number of pyridine rings is 1. The molecule has 3 nitrogen and oxygen atoms in total. The number of hydrogen-bond acceptors (Lipinski definition) is 3. The molecule has 2 unspecified atom stereocenters. The monoisotopic (exact) mass is 277 g/mol. The maximum atomic E-state index is 4.09. The second kappa shape index (κ2) is 9.09. The van der Waals surface area contributed by atoms with Crippen LogP contribution in [0.1, 0.15) is 40.2 Å². The molecule has 0 spiro atoms. The Balaban J connectivity index is 2.47. The Labute approximate surface area is 124 Å². The summed E-state index contributed by atoms with van der Waals surface area (Å²) < 4.78 is 0. The van der Waals surface area contributed by atoms with Crippen LogP contribution in [0.25, 0.3) is 0 Å². The van der Waals surface area contributed by atoms with Gasteiger partial charge in [-0.25, -0.2) is 0 Å². The number of nitrogens with zero attached hydrogens (tertiary/aromatic N) is 2. The van der Waals surface area contributed by atoms with Gasteiger partial charge >= 0.3 is 0 Å². The fourth-order valence-electron chi connectivity index (χ4n) is 2.40. The van der Waals surface area contributed by atoms with Crippen molar-refractivity contribution in [1.82, 2.24) is 15.2 Å². The van der Waals surface area contributed by atoms with Gasteiger partial charge < -0.3 is 5.32 Å². The van der Waals surface area contributed by atoms with Crippen LogP contribution in [0, 0.1) is 11.8 Å². The lowest BCUT2D eigenvalue weighted by atomic mass is 10.0. The highest BCUT2D eigenvalue weighted by molar-refractivity contribution is 5.09. The van der Waals surface area contributed by atoms with Crippen LogP contribution in [0.3, 0.4) is 0 Å². The molecule has 0 bridgehead atoms. The van der Waals surface area contributed by atoms with Crippen LogP contribution < -0.4 is 5.32 Å². The third-order valence-electron chi connectivity index (χ3n) is 3.96. The van der Waals surface area contributed by atoms with Crippen LogP contribution in [0.2, 0.25) is 0 Å². The first-order valence-corrected chi connectivity index (χ1v) is 7.88. The van der Waals surface area contributed by atoms with Crippen LogP contribution in [-0.4, -0.2) is 35.6 Å². The minimum Gasteiger partial charge on any atom is -0.316 e. The average Bonchev–Trinajstić information content (AvgIpc) is 2.44. The van der Waals surface area contributed by atoms with Crippen LogP contribution in [0.5, 0.6) is 0 Å². The predicted molar refractivity (Wildman–Crippen MR) is 86.7 cm³/mol. The molecular weight excluding hydrogens is 246 g/mol. The lowest BCUT2D eigenvalue weighted by Gasteiger charge is -2.32. The summed E-state index contributed by atoms with van der Waals surface area (Å²) in [6.07, 6.45) is 3.75. The van der Waals surface area contributed by atoms with E-state index < -0.39 is 0 Å². The van der Waals surface area contributed by atoms with E-state index in [0.29, 0.717) is 12.0 Å². The van der Waals surface area contributed by atoms with Crippen molar-refractivity contribution in [1.29, 1.82) is 0 Å². The minimum atomic E-state index is 0.577. The van der Waals surface area contributed by atoms with E-state index in [0.717, 1.165) is 32.1 Å². The van der Waals surface area contributed by atoms with Gasteiger partial charge in [-0.05, 0) is 56.1 Å². The van der Waals surface area contributed by atoms with E-state index in [-0.39, 0.29) is 0 Å². The number of rotatable bonds is 9. The van der Waals surface area contributed by atoms with E-state index in [2.05, 4.69) is 62.0 Å². The molecule has 1 aromatic heterocycles. The zero-order valence-corrected chi connectivity index (χ0v) is 13.8. The van der Waals surface area contributed by atoms with Crippen molar-refractivity contribution in [3.63, 3.8) is 0 Å². The third kappa shape index (κ3) is 6.02. The Bertz CT molecular complexity index is 351. The van der Waals surface area contributed by atoms with Crippen molar-refractivity contribution < 1.29 is 0 Å². The normalized spacial score (nSPS) is 14.8. The lowest BCUT2D eigenvalue weighted by Crippen LogP contribution is -2.41. The third-order valence-corrected chi connectivity index (χ3v) is 3.96. The largest absolute Gasteiger partial charge is 0.316 e. The summed E-state index contributed by atoms with van der Waals surface area (Å²) in [6, 6.07) is 4.79. The second-order valence-electron chi connectivity index (χ2n) is 6.19. The SMILES string of the molecule is CCN(Cc1ccncc1)C(C)C(C)CNCC(C)C. The molecule has 1 aromatic rings. The molecule has 0 aliphatic rings. The van der Waals surface area contributed by atoms with Crippen molar-refractivity contribution >= 4 is 0 Å². The molecule has 0 radical (unpaired) electrons. The Morgan fingerprint density at radius 2 is 1.75 bits per heavy atom. The van der Waals surface area contributed by atoms with Crippen LogP contribution in [0.4, 0.5) is 0 Å². The summed E-state index contributed by atoms with van der Waals surface area (Å²) in [6.45, 7) is 15.7. The van der Waals surface area contributed by atoms with E-state index in [9.17, 15) is 0 Å². The molecule has 0 saturated heterocycles. The van der Waals surface area contributed by atoms with Gasteiger partial charge in [0.1, 0.15) is 0 Å². The van der Waals surface area contributed by atoms with Gasteiger partial charge in [0.25, 0.3) is 0 Å². The Morgan fingerprint density at radius 1 is 1.10 bits per heavy atom. The van der Waals surface area contributed by atoms with Gasteiger partial charge in [-0.1, -0.05) is 27.7 Å². The smallest absolute Gasteiger partial charge is 0.0271 e. The molecule has 20 heavy (non-hydrogen) atoms. The molecule has 1 rings (SSSR count). The summed E-state index contributed by atoms with van der Waals surface area (Å²) in [4.78, 5) is 6.63. The summed E-state index contributed by atoms with van der Waals surface area (Å²) in [5, 5.41) is 3.57. The van der Waals surface area contributed by atoms with Gasteiger partial charge in [-0.2, -0.15) is 0 Å². The molecule has 0 saturated carbocycles. The second-order valence-corrected chi connectivity index (χ2v) is 6.19.